The van der Waals surface area contributed by atoms with Crippen molar-refractivity contribution in [3.05, 3.63) is 23.9 Å². The Labute approximate surface area is 100 Å². The third kappa shape index (κ3) is 2.40. The first-order valence-corrected chi connectivity index (χ1v) is 6.20. The Bertz CT molecular complexity index is 422. The third-order valence-electron chi connectivity index (χ3n) is 3.43. The van der Waals surface area contributed by atoms with Crippen LogP contribution in [0.5, 0.6) is 0 Å². The molecule has 1 aromatic heterocycles. The number of hydrogen-bond donors (Lipinski definition) is 1. The molecule has 0 aliphatic heterocycles. The van der Waals surface area contributed by atoms with E-state index >= 15 is 0 Å². The molecule has 0 unspecified atom stereocenters. The van der Waals surface area contributed by atoms with Crippen molar-refractivity contribution in [3.63, 3.8) is 0 Å². The summed E-state index contributed by atoms with van der Waals surface area (Å²) in [5.74, 6) is 0.852. The lowest BCUT2D eigenvalue weighted by Gasteiger charge is -2.23. The minimum absolute atomic E-state index is 0.260. The van der Waals surface area contributed by atoms with Gasteiger partial charge in [-0.15, -0.1) is 0 Å². The van der Waals surface area contributed by atoms with E-state index < -0.39 is 5.97 Å². The largest absolute Gasteiger partial charge is 0.478 e. The molecule has 2 aliphatic rings. The van der Waals surface area contributed by atoms with Crippen LogP contribution in [0, 0.1) is 5.92 Å². The van der Waals surface area contributed by atoms with Gasteiger partial charge in [-0.3, -0.25) is 0 Å². The number of pyridine rings is 1. The summed E-state index contributed by atoms with van der Waals surface area (Å²) in [7, 11) is 0. The monoisotopic (exact) mass is 232 g/mol. The minimum atomic E-state index is -0.913. The van der Waals surface area contributed by atoms with Gasteiger partial charge in [-0.05, 0) is 43.7 Å². The Morgan fingerprint density at radius 3 is 2.59 bits per heavy atom. The maximum Gasteiger partial charge on any atom is 0.337 e. The van der Waals surface area contributed by atoms with E-state index in [2.05, 4.69) is 9.88 Å². The third-order valence-corrected chi connectivity index (χ3v) is 3.43. The van der Waals surface area contributed by atoms with E-state index in [1.54, 1.807) is 6.07 Å². The molecule has 0 spiro atoms. The molecule has 3 rings (SSSR count). The number of hydrogen-bond acceptors (Lipinski definition) is 3. The molecule has 0 amide bonds. The van der Waals surface area contributed by atoms with Gasteiger partial charge in [0, 0.05) is 18.8 Å². The maximum absolute atomic E-state index is 10.8. The van der Waals surface area contributed by atoms with Crippen LogP contribution >= 0.6 is 0 Å². The highest BCUT2D eigenvalue weighted by Gasteiger charge is 2.34. The van der Waals surface area contributed by atoms with Crippen LogP contribution in [0.1, 0.15) is 36.0 Å². The highest BCUT2D eigenvalue weighted by atomic mass is 16.4. The molecule has 17 heavy (non-hydrogen) atoms. The molecule has 4 heteroatoms. The van der Waals surface area contributed by atoms with Crippen LogP contribution in [0.25, 0.3) is 0 Å². The molecular weight excluding hydrogens is 216 g/mol. The van der Waals surface area contributed by atoms with E-state index in [-0.39, 0.29) is 5.56 Å². The quantitative estimate of drug-likeness (QED) is 0.845. The lowest BCUT2D eigenvalue weighted by molar-refractivity contribution is 0.0696. The summed E-state index contributed by atoms with van der Waals surface area (Å²) in [4.78, 5) is 17.4. The smallest absolute Gasteiger partial charge is 0.337 e. The highest BCUT2D eigenvalue weighted by molar-refractivity contribution is 5.87. The van der Waals surface area contributed by atoms with Crippen molar-refractivity contribution in [1.29, 1.82) is 0 Å². The second-order valence-electron chi connectivity index (χ2n) is 5.04. The number of aromatic nitrogens is 1. The zero-order valence-electron chi connectivity index (χ0n) is 9.67. The van der Waals surface area contributed by atoms with E-state index in [9.17, 15) is 4.79 Å². The number of carbonyl (C=O) groups is 1. The van der Waals surface area contributed by atoms with Crippen LogP contribution in [0.3, 0.4) is 0 Å². The first kappa shape index (κ1) is 10.6. The van der Waals surface area contributed by atoms with Gasteiger partial charge in [0.1, 0.15) is 5.82 Å². The Kier molecular flexibility index (Phi) is 2.50. The van der Waals surface area contributed by atoms with E-state index in [1.165, 1.54) is 31.9 Å². The Morgan fingerprint density at radius 2 is 2.12 bits per heavy atom. The number of aromatic carboxylic acids is 1. The van der Waals surface area contributed by atoms with Crippen molar-refractivity contribution >= 4 is 11.8 Å². The van der Waals surface area contributed by atoms with Gasteiger partial charge in [0.15, 0.2) is 0 Å². The number of carboxylic acid groups (broad SMARTS) is 1. The van der Waals surface area contributed by atoms with Gasteiger partial charge >= 0.3 is 5.97 Å². The Balaban J connectivity index is 1.77. The normalized spacial score (nSPS) is 19.1. The van der Waals surface area contributed by atoms with Crippen LogP contribution in [0.15, 0.2) is 18.3 Å². The van der Waals surface area contributed by atoms with Gasteiger partial charge in [-0.1, -0.05) is 0 Å². The SMILES string of the molecule is O=C(O)c1ccc(N(CC2CC2)C2CC2)nc1. The average Bonchev–Trinajstić information content (AvgIpc) is 3.18. The minimum Gasteiger partial charge on any atom is -0.478 e. The van der Waals surface area contributed by atoms with Crippen LogP contribution in [-0.4, -0.2) is 28.6 Å². The van der Waals surface area contributed by atoms with Gasteiger partial charge < -0.3 is 10.0 Å². The van der Waals surface area contributed by atoms with Crippen LogP contribution in [0.4, 0.5) is 5.82 Å². The molecule has 2 saturated carbocycles. The number of rotatable bonds is 5. The number of carboxylic acids is 1. The molecule has 4 nitrogen and oxygen atoms in total. The Hall–Kier alpha value is -1.58. The zero-order valence-corrected chi connectivity index (χ0v) is 9.67. The van der Waals surface area contributed by atoms with Crippen LogP contribution < -0.4 is 4.90 Å². The van der Waals surface area contributed by atoms with Crippen molar-refractivity contribution in [1.82, 2.24) is 4.98 Å². The lowest BCUT2D eigenvalue weighted by Crippen LogP contribution is -2.28. The fourth-order valence-corrected chi connectivity index (χ4v) is 2.08. The summed E-state index contributed by atoms with van der Waals surface area (Å²) in [5, 5.41) is 8.84. The van der Waals surface area contributed by atoms with E-state index in [0.29, 0.717) is 6.04 Å². The highest BCUT2D eigenvalue weighted by Crippen LogP contribution is 2.36. The number of nitrogens with zero attached hydrogens (tertiary/aromatic N) is 2. The predicted molar refractivity (Wildman–Crippen MR) is 64.3 cm³/mol. The van der Waals surface area contributed by atoms with Crippen molar-refractivity contribution in [3.8, 4) is 0 Å². The van der Waals surface area contributed by atoms with Crippen molar-refractivity contribution in [2.24, 2.45) is 5.92 Å². The summed E-state index contributed by atoms with van der Waals surface area (Å²) in [6.45, 7) is 1.09. The predicted octanol–water partition coefficient (Wildman–Crippen LogP) is 2.16. The molecule has 1 aromatic rings. The second-order valence-corrected chi connectivity index (χ2v) is 5.04. The topological polar surface area (TPSA) is 53.4 Å². The summed E-state index contributed by atoms with van der Waals surface area (Å²) in [6.07, 6.45) is 6.61. The first-order valence-electron chi connectivity index (χ1n) is 6.20. The molecule has 90 valence electrons. The molecule has 0 radical (unpaired) electrons. The van der Waals surface area contributed by atoms with Crippen molar-refractivity contribution in [2.75, 3.05) is 11.4 Å². The maximum atomic E-state index is 10.8. The molecule has 2 fully saturated rings. The van der Waals surface area contributed by atoms with Gasteiger partial charge in [0.05, 0.1) is 5.56 Å². The van der Waals surface area contributed by atoms with Crippen LogP contribution in [0.2, 0.25) is 0 Å². The Morgan fingerprint density at radius 1 is 1.35 bits per heavy atom. The van der Waals surface area contributed by atoms with Gasteiger partial charge in [-0.25, -0.2) is 9.78 Å². The fraction of sp³-hybridized carbons (Fsp3) is 0.538. The standard InChI is InChI=1S/C13H16N2O2/c16-13(17)10-3-6-12(14-7-10)15(11-4-5-11)8-9-1-2-9/h3,6-7,9,11H,1-2,4-5,8H2,(H,16,17). The summed E-state index contributed by atoms with van der Waals surface area (Å²) < 4.78 is 0. The number of anilines is 1. The van der Waals surface area contributed by atoms with Gasteiger partial charge in [0.25, 0.3) is 0 Å². The van der Waals surface area contributed by atoms with Crippen molar-refractivity contribution in [2.45, 2.75) is 31.7 Å². The molecule has 0 aromatic carbocycles. The summed E-state index contributed by atoms with van der Waals surface area (Å²) >= 11 is 0. The summed E-state index contributed by atoms with van der Waals surface area (Å²) in [5.41, 5.74) is 0.260. The van der Waals surface area contributed by atoms with Gasteiger partial charge in [0.2, 0.25) is 0 Å². The van der Waals surface area contributed by atoms with E-state index in [0.717, 1.165) is 18.3 Å². The zero-order chi connectivity index (χ0) is 11.8. The van der Waals surface area contributed by atoms with Gasteiger partial charge in [-0.2, -0.15) is 0 Å². The second kappa shape index (κ2) is 4.02. The molecular formula is C13H16N2O2. The van der Waals surface area contributed by atoms with E-state index in [1.807, 2.05) is 6.07 Å². The fourth-order valence-electron chi connectivity index (χ4n) is 2.08. The molecule has 2 aliphatic carbocycles. The molecule has 0 saturated heterocycles. The van der Waals surface area contributed by atoms with Crippen LogP contribution in [-0.2, 0) is 0 Å². The summed E-state index contributed by atoms with van der Waals surface area (Å²) in [6, 6.07) is 4.12. The molecule has 1 N–H and O–H groups in total. The molecule has 0 bridgehead atoms. The average molecular weight is 232 g/mol. The lowest BCUT2D eigenvalue weighted by atomic mass is 10.2. The van der Waals surface area contributed by atoms with Crippen molar-refractivity contribution < 1.29 is 9.90 Å². The first-order chi connectivity index (χ1) is 8.24. The molecule has 1 heterocycles. The molecule has 0 atom stereocenters. The van der Waals surface area contributed by atoms with E-state index in [4.69, 9.17) is 5.11 Å².